The van der Waals surface area contributed by atoms with E-state index in [0.717, 1.165) is 4.31 Å². The van der Waals surface area contributed by atoms with Gasteiger partial charge in [-0.2, -0.15) is 0 Å². The van der Waals surface area contributed by atoms with E-state index in [1.54, 1.807) is 0 Å². The molecule has 2 rings (SSSR count). The minimum atomic E-state index is -3.84. The highest BCUT2D eigenvalue weighted by molar-refractivity contribution is 7.92. The molecule has 0 atom stereocenters. The summed E-state index contributed by atoms with van der Waals surface area (Å²) in [6.45, 7) is 3.66. The van der Waals surface area contributed by atoms with Crippen LogP contribution in [0.3, 0.4) is 0 Å². The van der Waals surface area contributed by atoms with Crippen LogP contribution in [0, 0.1) is 0 Å². The van der Waals surface area contributed by atoms with Crippen LogP contribution in [-0.4, -0.2) is 37.6 Å². The summed E-state index contributed by atoms with van der Waals surface area (Å²) in [4.78, 5) is 14.8. The van der Waals surface area contributed by atoms with E-state index in [0.29, 0.717) is 11.4 Å². The van der Waals surface area contributed by atoms with Crippen LogP contribution in [0.4, 0.5) is 5.69 Å². The Bertz CT molecular complexity index is 832. The van der Waals surface area contributed by atoms with Crippen molar-refractivity contribution < 1.29 is 23.1 Å². The molecule has 0 saturated heterocycles. The molecule has 0 saturated carbocycles. The van der Waals surface area contributed by atoms with Crippen LogP contribution >= 0.6 is 0 Å². The molecule has 1 aromatic carbocycles. The van der Waals surface area contributed by atoms with Gasteiger partial charge >= 0.3 is 5.97 Å². The summed E-state index contributed by atoms with van der Waals surface area (Å²) in [5, 5.41) is 8.90. The summed E-state index contributed by atoms with van der Waals surface area (Å²) in [6, 6.07) is 6.97. The third-order valence-corrected chi connectivity index (χ3v) is 4.95. The Morgan fingerprint density at radius 3 is 2.38 bits per heavy atom. The SMILES string of the molecule is CC(C)Oc1cncc(S(=O)(=O)N(C)c2ccc(C(=O)O)cc2)c1. The van der Waals surface area contributed by atoms with Crippen LogP contribution in [0.25, 0.3) is 0 Å². The maximum Gasteiger partial charge on any atom is 0.335 e. The van der Waals surface area contributed by atoms with Gasteiger partial charge < -0.3 is 9.84 Å². The Balaban J connectivity index is 2.33. The molecule has 0 aliphatic heterocycles. The molecule has 8 heteroatoms. The molecule has 0 aliphatic rings. The third kappa shape index (κ3) is 3.83. The lowest BCUT2D eigenvalue weighted by atomic mass is 10.2. The number of carboxylic acids is 1. The molecule has 0 unspecified atom stereocenters. The molecule has 1 N–H and O–H groups in total. The van der Waals surface area contributed by atoms with E-state index in [4.69, 9.17) is 9.84 Å². The van der Waals surface area contributed by atoms with Gasteiger partial charge in [0, 0.05) is 19.3 Å². The number of hydrogen-bond acceptors (Lipinski definition) is 5. The lowest BCUT2D eigenvalue weighted by Gasteiger charge is -2.20. The Kier molecular flexibility index (Phi) is 5.08. The molecule has 0 aliphatic carbocycles. The van der Waals surface area contributed by atoms with Crippen molar-refractivity contribution in [1.29, 1.82) is 0 Å². The second kappa shape index (κ2) is 6.88. The fourth-order valence-corrected chi connectivity index (χ4v) is 3.16. The van der Waals surface area contributed by atoms with Crippen molar-refractivity contribution in [3.63, 3.8) is 0 Å². The van der Waals surface area contributed by atoms with Gasteiger partial charge in [0.05, 0.1) is 23.6 Å². The standard InChI is InChI=1S/C16H18N2O5S/c1-11(2)23-14-8-15(10-17-9-14)24(21,22)18(3)13-6-4-12(5-7-13)16(19)20/h4-11H,1-3H3,(H,19,20). The number of anilines is 1. The number of carbonyl (C=O) groups is 1. The van der Waals surface area contributed by atoms with E-state index < -0.39 is 16.0 Å². The van der Waals surface area contributed by atoms with E-state index >= 15 is 0 Å². The van der Waals surface area contributed by atoms with Gasteiger partial charge in [0.1, 0.15) is 10.6 Å². The normalized spacial score (nSPS) is 11.3. The van der Waals surface area contributed by atoms with Crippen LogP contribution < -0.4 is 9.04 Å². The van der Waals surface area contributed by atoms with Crippen molar-refractivity contribution >= 4 is 21.7 Å². The molecule has 0 spiro atoms. The number of aromatic carboxylic acids is 1. The largest absolute Gasteiger partial charge is 0.489 e. The summed E-state index contributed by atoms with van der Waals surface area (Å²) in [5.41, 5.74) is 0.425. The summed E-state index contributed by atoms with van der Waals surface area (Å²) >= 11 is 0. The van der Waals surface area contributed by atoms with E-state index in [1.165, 1.54) is 49.8 Å². The maximum absolute atomic E-state index is 12.7. The summed E-state index contributed by atoms with van der Waals surface area (Å²) in [5.74, 6) is -0.713. The van der Waals surface area contributed by atoms with Gasteiger partial charge in [0.15, 0.2) is 0 Å². The van der Waals surface area contributed by atoms with Gasteiger partial charge in [-0.1, -0.05) is 0 Å². The molecular weight excluding hydrogens is 332 g/mol. The average molecular weight is 350 g/mol. The molecule has 2 aromatic rings. The van der Waals surface area contributed by atoms with Crippen molar-refractivity contribution in [3.05, 3.63) is 48.3 Å². The molecule has 7 nitrogen and oxygen atoms in total. The number of benzene rings is 1. The predicted octanol–water partition coefficient (Wildman–Crippen LogP) is 2.39. The fraction of sp³-hybridized carbons (Fsp3) is 0.250. The Morgan fingerprint density at radius 1 is 1.21 bits per heavy atom. The zero-order valence-corrected chi connectivity index (χ0v) is 14.3. The number of pyridine rings is 1. The Labute approximate surface area is 140 Å². The molecule has 1 heterocycles. The number of carboxylic acid groups (broad SMARTS) is 1. The first-order chi connectivity index (χ1) is 11.2. The predicted molar refractivity (Wildman–Crippen MR) is 89.0 cm³/mol. The van der Waals surface area contributed by atoms with Crippen molar-refractivity contribution in [2.45, 2.75) is 24.8 Å². The summed E-state index contributed by atoms with van der Waals surface area (Å²) in [7, 11) is -2.45. The molecule has 24 heavy (non-hydrogen) atoms. The monoisotopic (exact) mass is 350 g/mol. The highest BCUT2D eigenvalue weighted by Gasteiger charge is 2.22. The zero-order chi connectivity index (χ0) is 17.9. The van der Waals surface area contributed by atoms with Crippen LogP contribution in [0.5, 0.6) is 5.75 Å². The molecule has 0 bridgehead atoms. The van der Waals surface area contributed by atoms with Gasteiger partial charge in [-0.05, 0) is 38.1 Å². The minimum Gasteiger partial charge on any atom is -0.489 e. The number of ether oxygens (including phenoxy) is 1. The van der Waals surface area contributed by atoms with Gasteiger partial charge in [0.25, 0.3) is 10.0 Å². The van der Waals surface area contributed by atoms with Crippen LogP contribution in [-0.2, 0) is 10.0 Å². The second-order valence-electron chi connectivity index (χ2n) is 5.35. The molecular formula is C16H18N2O5S. The van der Waals surface area contributed by atoms with Crippen molar-refractivity contribution in [2.24, 2.45) is 0 Å². The number of aromatic nitrogens is 1. The fourth-order valence-electron chi connectivity index (χ4n) is 1.99. The first-order valence-corrected chi connectivity index (χ1v) is 8.60. The smallest absolute Gasteiger partial charge is 0.335 e. The highest BCUT2D eigenvalue weighted by Crippen LogP contribution is 2.24. The Hall–Kier alpha value is -2.61. The lowest BCUT2D eigenvalue weighted by molar-refractivity contribution is 0.0697. The number of rotatable bonds is 6. The van der Waals surface area contributed by atoms with Crippen LogP contribution in [0.15, 0.2) is 47.6 Å². The van der Waals surface area contributed by atoms with Crippen molar-refractivity contribution in [3.8, 4) is 5.75 Å². The van der Waals surface area contributed by atoms with E-state index in [1.807, 2.05) is 13.8 Å². The maximum atomic E-state index is 12.7. The van der Waals surface area contributed by atoms with Crippen LogP contribution in [0.2, 0.25) is 0 Å². The van der Waals surface area contributed by atoms with Gasteiger partial charge in [-0.25, -0.2) is 13.2 Å². The molecule has 0 radical (unpaired) electrons. The quantitative estimate of drug-likeness (QED) is 0.859. The van der Waals surface area contributed by atoms with Gasteiger partial charge in [-0.15, -0.1) is 0 Å². The van der Waals surface area contributed by atoms with Crippen molar-refractivity contribution in [1.82, 2.24) is 4.98 Å². The summed E-state index contributed by atoms with van der Waals surface area (Å²) in [6.07, 6.45) is 2.58. The molecule has 0 amide bonds. The van der Waals surface area contributed by atoms with Gasteiger partial charge in [0.2, 0.25) is 0 Å². The average Bonchev–Trinajstić information content (AvgIpc) is 2.53. The van der Waals surface area contributed by atoms with Crippen LogP contribution in [0.1, 0.15) is 24.2 Å². The van der Waals surface area contributed by atoms with Crippen molar-refractivity contribution in [2.75, 3.05) is 11.4 Å². The summed E-state index contributed by atoms with van der Waals surface area (Å²) < 4.78 is 31.9. The molecule has 0 fully saturated rings. The first kappa shape index (κ1) is 17.7. The number of sulfonamides is 1. The minimum absolute atomic E-state index is 0.00883. The van der Waals surface area contributed by atoms with E-state index in [-0.39, 0.29) is 16.6 Å². The zero-order valence-electron chi connectivity index (χ0n) is 13.5. The number of nitrogens with zero attached hydrogens (tertiary/aromatic N) is 2. The molecule has 1 aromatic heterocycles. The Morgan fingerprint density at radius 2 is 1.83 bits per heavy atom. The highest BCUT2D eigenvalue weighted by atomic mass is 32.2. The third-order valence-electron chi connectivity index (χ3n) is 3.20. The number of hydrogen-bond donors (Lipinski definition) is 1. The second-order valence-corrected chi connectivity index (χ2v) is 7.32. The topological polar surface area (TPSA) is 96.8 Å². The van der Waals surface area contributed by atoms with Gasteiger partial charge in [-0.3, -0.25) is 9.29 Å². The van der Waals surface area contributed by atoms with E-state index in [9.17, 15) is 13.2 Å². The molecule has 128 valence electrons. The van der Waals surface area contributed by atoms with E-state index in [2.05, 4.69) is 4.98 Å². The lowest BCUT2D eigenvalue weighted by Crippen LogP contribution is -2.26. The first-order valence-electron chi connectivity index (χ1n) is 7.16.